The van der Waals surface area contributed by atoms with Gasteiger partial charge in [0.05, 0.1) is 24.0 Å². The molecule has 172 valence electrons. The summed E-state index contributed by atoms with van der Waals surface area (Å²) in [4.78, 5) is 47.3. The number of non-ortho nitro benzene ring substituents is 1. The van der Waals surface area contributed by atoms with E-state index in [1.807, 2.05) is 0 Å². The van der Waals surface area contributed by atoms with Crippen LogP contribution in [0.4, 0.5) is 10.5 Å². The number of carbonyl (C=O) groups is 3. The quantitative estimate of drug-likeness (QED) is 0.211. The maximum absolute atomic E-state index is 12.5. The topological polar surface area (TPSA) is 125 Å². The fourth-order valence-electron chi connectivity index (χ4n) is 2.78. The van der Waals surface area contributed by atoms with E-state index in [4.69, 9.17) is 9.47 Å². The number of benzene rings is 2. The minimum Gasteiger partial charge on any atom is -0.493 e. The Morgan fingerprint density at radius 1 is 1.18 bits per heavy atom. The molecule has 0 atom stereocenters. The van der Waals surface area contributed by atoms with E-state index < -0.39 is 28.6 Å². The number of nitro groups is 1. The molecule has 2 aromatic rings. The number of amides is 2. The summed E-state index contributed by atoms with van der Waals surface area (Å²) < 4.78 is 16.3. The number of thioether (sulfide) groups is 1. The first-order valence-corrected chi connectivity index (χ1v) is 10.9. The third-order valence-electron chi connectivity index (χ3n) is 4.50. The zero-order chi connectivity index (χ0) is 24.1. The molecule has 0 spiro atoms. The maximum atomic E-state index is 12.5. The van der Waals surface area contributed by atoms with Crippen LogP contribution in [-0.2, 0) is 20.9 Å². The predicted molar refractivity (Wildman–Crippen MR) is 123 cm³/mol. The molecular formula is C21H17BrN2O8S. The Kier molecular flexibility index (Phi) is 7.71. The van der Waals surface area contributed by atoms with Gasteiger partial charge in [0, 0.05) is 16.6 Å². The van der Waals surface area contributed by atoms with Gasteiger partial charge in [-0.2, -0.15) is 0 Å². The second-order valence-electron chi connectivity index (χ2n) is 6.58. The number of hydrogen-bond acceptors (Lipinski definition) is 9. The molecule has 0 radical (unpaired) electrons. The summed E-state index contributed by atoms with van der Waals surface area (Å²) in [6.07, 6.45) is 1.51. The first kappa shape index (κ1) is 24.3. The van der Waals surface area contributed by atoms with Gasteiger partial charge in [-0.25, -0.2) is 0 Å². The molecule has 33 heavy (non-hydrogen) atoms. The highest BCUT2D eigenvalue weighted by Gasteiger charge is 2.36. The van der Waals surface area contributed by atoms with Crippen molar-refractivity contribution < 1.29 is 33.5 Å². The lowest BCUT2D eigenvalue weighted by molar-refractivity contribution is -0.384. The molecule has 0 unspecified atom stereocenters. The van der Waals surface area contributed by atoms with Crippen molar-refractivity contribution in [3.8, 4) is 11.5 Å². The average molecular weight is 537 g/mol. The number of esters is 1. The molecule has 0 bridgehead atoms. The van der Waals surface area contributed by atoms with Crippen molar-refractivity contribution in [1.82, 2.24) is 4.90 Å². The third kappa shape index (κ3) is 5.71. The lowest BCUT2D eigenvalue weighted by Crippen LogP contribution is -2.34. The fraction of sp³-hybridized carbons (Fsp3) is 0.190. The summed E-state index contributed by atoms with van der Waals surface area (Å²) in [6.45, 7) is -0.315. The summed E-state index contributed by atoms with van der Waals surface area (Å²) >= 11 is 4.14. The van der Waals surface area contributed by atoms with Crippen LogP contribution in [0.25, 0.3) is 6.08 Å². The number of rotatable bonds is 8. The molecule has 0 saturated carbocycles. The summed E-state index contributed by atoms with van der Waals surface area (Å²) in [5, 5.41) is 10.2. The van der Waals surface area contributed by atoms with Crippen molar-refractivity contribution in [2.45, 2.75) is 6.61 Å². The Bertz CT molecular complexity index is 1150. The normalized spacial score (nSPS) is 14.5. The number of imide groups is 1. The number of halogens is 1. The Morgan fingerprint density at radius 2 is 1.88 bits per heavy atom. The second kappa shape index (κ2) is 10.5. The van der Waals surface area contributed by atoms with E-state index in [1.165, 1.54) is 32.4 Å². The maximum Gasteiger partial charge on any atom is 0.325 e. The van der Waals surface area contributed by atoms with E-state index in [1.54, 1.807) is 24.3 Å². The largest absolute Gasteiger partial charge is 0.493 e. The molecule has 12 heteroatoms. The number of nitro benzene ring substituents is 1. The van der Waals surface area contributed by atoms with Crippen LogP contribution in [0.2, 0.25) is 0 Å². The van der Waals surface area contributed by atoms with E-state index in [0.29, 0.717) is 33.3 Å². The van der Waals surface area contributed by atoms with Gasteiger partial charge in [0.2, 0.25) is 0 Å². The van der Waals surface area contributed by atoms with Gasteiger partial charge in [-0.3, -0.25) is 29.4 Å². The van der Waals surface area contributed by atoms with Crippen molar-refractivity contribution in [3.05, 3.63) is 67.0 Å². The van der Waals surface area contributed by atoms with Crippen LogP contribution >= 0.6 is 27.7 Å². The third-order valence-corrected chi connectivity index (χ3v) is 6.09. The highest BCUT2D eigenvalue weighted by Crippen LogP contribution is 2.38. The molecular weight excluding hydrogens is 520 g/mol. The van der Waals surface area contributed by atoms with E-state index in [9.17, 15) is 24.5 Å². The number of nitrogens with zero attached hydrogens (tertiary/aromatic N) is 2. The summed E-state index contributed by atoms with van der Waals surface area (Å²) in [6, 6.07) is 9.25. The Balaban J connectivity index is 1.79. The number of ether oxygens (including phenoxy) is 3. The van der Waals surface area contributed by atoms with Crippen LogP contribution in [0, 0.1) is 10.1 Å². The zero-order valence-electron chi connectivity index (χ0n) is 17.4. The van der Waals surface area contributed by atoms with Crippen molar-refractivity contribution >= 4 is 56.6 Å². The molecule has 1 saturated heterocycles. The van der Waals surface area contributed by atoms with Gasteiger partial charge in [0.25, 0.3) is 16.8 Å². The van der Waals surface area contributed by atoms with Crippen molar-refractivity contribution in [2.75, 3.05) is 20.8 Å². The van der Waals surface area contributed by atoms with Gasteiger partial charge < -0.3 is 14.2 Å². The Morgan fingerprint density at radius 3 is 2.48 bits per heavy atom. The standard InChI is InChI=1S/C21H17BrN2O8S/c1-30-16-7-13(8-18-20(26)23(21(27)33-18)10-19(25)31-2)15(22)9-17(16)32-11-12-3-5-14(6-4-12)24(28)29/h3-9H,10-11H2,1-2H3/b18-8+. The van der Waals surface area contributed by atoms with Gasteiger partial charge in [0.15, 0.2) is 11.5 Å². The van der Waals surface area contributed by atoms with Crippen LogP contribution in [0.15, 0.2) is 45.8 Å². The SMILES string of the molecule is COC(=O)CN1C(=O)S/C(=C/c2cc(OC)c(OCc3ccc([N+](=O)[O-])cc3)cc2Br)C1=O. The number of hydrogen-bond donors (Lipinski definition) is 0. The first-order chi connectivity index (χ1) is 15.7. The van der Waals surface area contributed by atoms with Crippen LogP contribution in [-0.4, -0.2) is 47.7 Å². The molecule has 2 aromatic carbocycles. The van der Waals surface area contributed by atoms with Crippen LogP contribution in [0.3, 0.4) is 0 Å². The first-order valence-electron chi connectivity index (χ1n) is 9.29. The molecule has 1 aliphatic rings. The minimum atomic E-state index is -0.698. The van der Waals surface area contributed by atoms with Gasteiger partial charge in [-0.15, -0.1) is 0 Å². The Hall–Kier alpha value is -3.38. The van der Waals surface area contributed by atoms with Crippen LogP contribution < -0.4 is 9.47 Å². The lowest BCUT2D eigenvalue weighted by Gasteiger charge is -2.13. The molecule has 1 heterocycles. The molecule has 1 aliphatic heterocycles. The molecule has 0 N–H and O–H groups in total. The monoisotopic (exact) mass is 536 g/mol. The highest BCUT2D eigenvalue weighted by atomic mass is 79.9. The molecule has 2 amide bonds. The zero-order valence-corrected chi connectivity index (χ0v) is 19.8. The van der Waals surface area contributed by atoms with Gasteiger partial charge in [-0.1, -0.05) is 15.9 Å². The number of carbonyl (C=O) groups excluding carboxylic acids is 3. The molecule has 3 rings (SSSR count). The average Bonchev–Trinajstić information content (AvgIpc) is 3.06. The van der Waals surface area contributed by atoms with E-state index >= 15 is 0 Å². The van der Waals surface area contributed by atoms with Crippen molar-refractivity contribution in [3.63, 3.8) is 0 Å². The molecule has 0 aliphatic carbocycles. The van der Waals surface area contributed by atoms with Gasteiger partial charge in [0.1, 0.15) is 13.2 Å². The van der Waals surface area contributed by atoms with Crippen LogP contribution in [0.5, 0.6) is 11.5 Å². The van der Waals surface area contributed by atoms with Crippen LogP contribution in [0.1, 0.15) is 11.1 Å². The van der Waals surface area contributed by atoms with Gasteiger partial charge >= 0.3 is 5.97 Å². The molecule has 0 aromatic heterocycles. The lowest BCUT2D eigenvalue weighted by atomic mass is 10.1. The predicted octanol–water partition coefficient (Wildman–Crippen LogP) is 4.15. The van der Waals surface area contributed by atoms with Crippen molar-refractivity contribution in [1.29, 1.82) is 0 Å². The smallest absolute Gasteiger partial charge is 0.325 e. The van der Waals surface area contributed by atoms with E-state index in [-0.39, 0.29) is 17.2 Å². The summed E-state index contributed by atoms with van der Waals surface area (Å²) in [5.41, 5.74) is 1.26. The van der Waals surface area contributed by atoms with E-state index in [2.05, 4.69) is 20.7 Å². The fourth-order valence-corrected chi connectivity index (χ4v) is 4.05. The summed E-state index contributed by atoms with van der Waals surface area (Å²) in [5.74, 6) is -0.519. The van der Waals surface area contributed by atoms with Gasteiger partial charge in [-0.05, 0) is 53.2 Å². The molecule has 1 fully saturated rings. The Labute approximate surface area is 200 Å². The second-order valence-corrected chi connectivity index (χ2v) is 8.43. The summed E-state index contributed by atoms with van der Waals surface area (Å²) in [7, 11) is 2.63. The van der Waals surface area contributed by atoms with E-state index in [0.717, 1.165) is 10.5 Å². The minimum absolute atomic E-state index is 0.0144. The number of methoxy groups -OCH3 is 2. The highest BCUT2D eigenvalue weighted by molar-refractivity contribution is 9.10. The van der Waals surface area contributed by atoms with Crippen molar-refractivity contribution in [2.24, 2.45) is 0 Å². The molecule has 10 nitrogen and oxygen atoms in total.